The molecule has 12 heteroatoms. The summed E-state index contributed by atoms with van der Waals surface area (Å²) in [6.07, 6.45) is -4.36. The minimum Gasteiger partial charge on any atom is -0.464 e. The highest BCUT2D eigenvalue weighted by Crippen LogP contribution is 2.24. The normalized spacial score (nSPS) is 14.1. The van der Waals surface area contributed by atoms with E-state index in [0.29, 0.717) is 22.8 Å². The second-order valence-corrected chi connectivity index (χ2v) is 7.96. The highest BCUT2D eigenvalue weighted by Gasteiger charge is 2.38. The van der Waals surface area contributed by atoms with Crippen LogP contribution in [0.15, 0.2) is 35.6 Å². The van der Waals surface area contributed by atoms with Crippen molar-refractivity contribution in [2.45, 2.75) is 37.8 Å². The highest BCUT2D eigenvalue weighted by molar-refractivity contribution is 8.14. The van der Waals surface area contributed by atoms with Crippen molar-refractivity contribution in [2.24, 2.45) is 10.7 Å². The molecule has 3 N–H and O–H groups in total. The molecule has 0 saturated carbocycles. The predicted octanol–water partition coefficient (Wildman–Crippen LogP) is 3.81. The van der Waals surface area contributed by atoms with Crippen molar-refractivity contribution in [2.75, 3.05) is 12.4 Å². The van der Waals surface area contributed by atoms with Gasteiger partial charge in [-0.1, -0.05) is 18.7 Å². The largest absolute Gasteiger partial charge is 0.464 e. The SMILES string of the molecule is CN=C(N)SC(C)Cc1cc(NC(=O)c2cnc(OC(C)C(F)(F)F)cn2)ccc1F. The summed E-state index contributed by atoms with van der Waals surface area (Å²) >= 11 is 1.30. The molecule has 1 aromatic carbocycles. The van der Waals surface area contributed by atoms with Crippen LogP contribution >= 0.6 is 11.8 Å². The number of carbonyl (C=O) groups excluding carboxylic acids is 1. The second kappa shape index (κ2) is 10.4. The van der Waals surface area contributed by atoms with Gasteiger partial charge in [-0.3, -0.25) is 9.79 Å². The third-order valence-corrected chi connectivity index (χ3v) is 4.97. The van der Waals surface area contributed by atoms with Gasteiger partial charge in [-0.05, 0) is 37.1 Å². The van der Waals surface area contributed by atoms with Gasteiger partial charge in [0.15, 0.2) is 11.3 Å². The highest BCUT2D eigenvalue weighted by atomic mass is 32.2. The lowest BCUT2D eigenvalue weighted by molar-refractivity contribution is -0.190. The molecule has 0 aliphatic carbocycles. The Balaban J connectivity index is 2.05. The van der Waals surface area contributed by atoms with E-state index in [4.69, 9.17) is 5.73 Å². The Morgan fingerprint density at radius 1 is 1.29 bits per heavy atom. The number of anilines is 1. The first-order valence-electron chi connectivity index (χ1n) is 9.03. The van der Waals surface area contributed by atoms with Gasteiger partial charge in [0.1, 0.15) is 11.5 Å². The van der Waals surface area contributed by atoms with E-state index in [-0.39, 0.29) is 16.8 Å². The molecule has 2 rings (SSSR count). The van der Waals surface area contributed by atoms with Crippen LogP contribution in [0.2, 0.25) is 0 Å². The van der Waals surface area contributed by atoms with Gasteiger partial charge < -0.3 is 15.8 Å². The predicted molar refractivity (Wildman–Crippen MR) is 111 cm³/mol. The van der Waals surface area contributed by atoms with E-state index in [1.807, 2.05) is 6.92 Å². The lowest BCUT2D eigenvalue weighted by Crippen LogP contribution is -2.31. The average molecular weight is 459 g/mol. The number of amidine groups is 1. The molecule has 0 spiro atoms. The number of amides is 1. The maximum absolute atomic E-state index is 14.1. The molecular weight excluding hydrogens is 438 g/mol. The molecule has 2 aromatic rings. The second-order valence-electron chi connectivity index (χ2n) is 6.50. The van der Waals surface area contributed by atoms with Gasteiger partial charge in [0.05, 0.1) is 12.4 Å². The average Bonchev–Trinajstić information content (AvgIpc) is 2.70. The summed E-state index contributed by atoms with van der Waals surface area (Å²) in [4.78, 5) is 23.6. The lowest BCUT2D eigenvalue weighted by Gasteiger charge is -2.16. The van der Waals surface area contributed by atoms with Gasteiger partial charge in [0.2, 0.25) is 5.88 Å². The van der Waals surface area contributed by atoms with Crippen LogP contribution in [0.1, 0.15) is 29.9 Å². The number of thioether (sulfide) groups is 1. The Kier molecular flexibility index (Phi) is 8.20. The van der Waals surface area contributed by atoms with Crippen LogP contribution in [0.3, 0.4) is 0 Å². The Morgan fingerprint density at radius 3 is 2.58 bits per heavy atom. The molecule has 0 fully saturated rings. The van der Waals surface area contributed by atoms with Crippen LogP contribution in [-0.4, -0.2) is 45.6 Å². The molecular formula is C19H21F4N5O2S. The third kappa shape index (κ3) is 7.39. The standard InChI is InChI=1S/C19H21F4N5O2S/c1-10(31-18(24)25-3)6-12-7-13(4-5-14(12)20)28-17(29)15-8-27-16(9-26-15)30-11(2)19(21,22)23/h4-5,7-11H,6H2,1-3H3,(H2,24,25)(H,28,29). The van der Waals surface area contributed by atoms with Crippen molar-refractivity contribution in [1.82, 2.24) is 9.97 Å². The molecule has 7 nitrogen and oxygen atoms in total. The summed E-state index contributed by atoms with van der Waals surface area (Å²) in [5, 5.41) is 2.88. The number of alkyl halides is 3. The number of nitrogens with one attached hydrogen (secondary N) is 1. The first-order chi connectivity index (χ1) is 14.5. The summed E-state index contributed by atoms with van der Waals surface area (Å²) in [5.74, 6) is -1.46. The number of hydrogen-bond donors (Lipinski definition) is 2. The minimum atomic E-state index is -4.55. The number of carbonyl (C=O) groups is 1. The Hall–Kier alpha value is -2.89. The van der Waals surface area contributed by atoms with E-state index >= 15 is 0 Å². The number of ether oxygens (including phenoxy) is 1. The fourth-order valence-electron chi connectivity index (χ4n) is 2.36. The summed E-state index contributed by atoms with van der Waals surface area (Å²) in [6, 6.07) is 4.09. The Bertz CT molecular complexity index is 938. The van der Waals surface area contributed by atoms with Gasteiger partial charge >= 0.3 is 6.18 Å². The van der Waals surface area contributed by atoms with Gasteiger partial charge in [0, 0.05) is 18.0 Å². The molecule has 168 valence electrons. The number of aliphatic imine (C=N–C) groups is 1. The monoisotopic (exact) mass is 459 g/mol. The van der Waals surface area contributed by atoms with Crippen LogP contribution in [0, 0.1) is 5.82 Å². The molecule has 1 aromatic heterocycles. The molecule has 0 saturated heterocycles. The molecule has 0 aliphatic heterocycles. The smallest absolute Gasteiger partial charge is 0.425 e. The van der Waals surface area contributed by atoms with Crippen molar-refractivity contribution >= 4 is 28.5 Å². The zero-order valence-electron chi connectivity index (χ0n) is 16.9. The molecule has 0 radical (unpaired) electrons. The summed E-state index contributed by atoms with van der Waals surface area (Å²) in [5.41, 5.74) is 6.22. The van der Waals surface area contributed by atoms with Gasteiger partial charge in [-0.15, -0.1) is 0 Å². The lowest BCUT2D eigenvalue weighted by atomic mass is 10.1. The minimum absolute atomic E-state index is 0.0540. The van der Waals surface area contributed by atoms with Crippen molar-refractivity contribution < 1.29 is 27.1 Å². The van der Waals surface area contributed by atoms with Crippen LogP contribution in [0.5, 0.6) is 5.88 Å². The fraction of sp³-hybridized carbons (Fsp3) is 0.368. The van der Waals surface area contributed by atoms with Gasteiger partial charge in [-0.25, -0.2) is 14.4 Å². The summed E-state index contributed by atoms with van der Waals surface area (Å²) < 4.78 is 56.4. The first-order valence-corrected chi connectivity index (χ1v) is 9.91. The number of nitrogens with two attached hydrogens (primary N) is 1. The maximum Gasteiger partial charge on any atom is 0.425 e. The molecule has 1 heterocycles. The van der Waals surface area contributed by atoms with Crippen molar-refractivity contribution in [3.05, 3.63) is 47.7 Å². The quantitative estimate of drug-likeness (QED) is 0.371. The van der Waals surface area contributed by atoms with E-state index in [9.17, 15) is 22.4 Å². The molecule has 0 aliphatic rings. The van der Waals surface area contributed by atoms with E-state index < -0.39 is 24.0 Å². The zero-order chi connectivity index (χ0) is 23.2. The first kappa shape index (κ1) is 24.4. The number of nitrogens with zero attached hydrogens (tertiary/aromatic N) is 3. The van der Waals surface area contributed by atoms with Crippen LogP contribution in [0.25, 0.3) is 0 Å². The number of halogens is 4. The zero-order valence-corrected chi connectivity index (χ0v) is 17.7. The summed E-state index contributed by atoms with van der Waals surface area (Å²) in [7, 11) is 1.56. The summed E-state index contributed by atoms with van der Waals surface area (Å²) in [6.45, 7) is 2.70. The molecule has 31 heavy (non-hydrogen) atoms. The van der Waals surface area contributed by atoms with Crippen molar-refractivity contribution in [1.29, 1.82) is 0 Å². The maximum atomic E-state index is 14.1. The van der Waals surface area contributed by atoms with Crippen molar-refractivity contribution in [3.63, 3.8) is 0 Å². The molecule has 0 bridgehead atoms. The topological polar surface area (TPSA) is 102 Å². The molecule has 2 unspecified atom stereocenters. The van der Waals surface area contributed by atoms with E-state index in [1.165, 1.54) is 30.0 Å². The number of benzene rings is 1. The van der Waals surface area contributed by atoms with Crippen molar-refractivity contribution in [3.8, 4) is 5.88 Å². The van der Waals surface area contributed by atoms with Crippen LogP contribution in [0.4, 0.5) is 23.2 Å². The molecule has 2 atom stereocenters. The van der Waals surface area contributed by atoms with Crippen LogP contribution < -0.4 is 15.8 Å². The van der Waals surface area contributed by atoms with E-state index in [0.717, 1.165) is 19.3 Å². The van der Waals surface area contributed by atoms with Crippen LogP contribution in [-0.2, 0) is 6.42 Å². The number of rotatable bonds is 7. The van der Waals surface area contributed by atoms with E-state index in [1.54, 1.807) is 7.05 Å². The Morgan fingerprint density at radius 2 is 2.00 bits per heavy atom. The van der Waals surface area contributed by atoms with Gasteiger partial charge in [0.25, 0.3) is 5.91 Å². The number of aromatic nitrogens is 2. The number of hydrogen-bond acceptors (Lipinski definition) is 6. The van der Waals surface area contributed by atoms with E-state index in [2.05, 4.69) is 25.0 Å². The Labute approximate surface area is 180 Å². The third-order valence-electron chi connectivity index (χ3n) is 3.97. The van der Waals surface area contributed by atoms with Gasteiger partial charge in [-0.2, -0.15) is 13.2 Å². The molecule has 1 amide bonds. The fourth-order valence-corrected chi connectivity index (χ4v) is 3.14.